The Morgan fingerprint density at radius 1 is 1.00 bits per heavy atom. The van der Waals surface area contributed by atoms with Gasteiger partial charge in [-0.1, -0.05) is 57.0 Å². The fourth-order valence-electron chi connectivity index (χ4n) is 1.82. The summed E-state index contributed by atoms with van der Waals surface area (Å²) in [6.45, 7) is 5.01. The molecule has 0 spiro atoms. The first-order valence-electron chi connectivity index (χ1n) is 6.87. The number of aryl methyl sites for hydroxylation is 1. The normalized spacial score (nSPS) is 10.7. The van der Waals surface area contributed by atoms with E-state index in [9.17, 15) is 0 Å². The van der Waals surface area contributed by atoms with Gasteiger partial charge < -0.3 is 9.84 Å². The molecule has 1 rings (SSSR count). The van der Waals surface area contributed by atoms with Crippen molar-refractivity contribution in [2.75, 3.05) is 11.9 Å². The Morgan fingerprint density at radius 2 is 1.65 bits per heavy atom. The molecule has 17 heavy (non-hydrogen) atoms. The number of unbranched alkanes of at least 4 members (excludes halogenated alkanes) is 7. The highest BCUT2D eigenvalue weighted by molar-refractivity contribution is 5.17. The third-order valence-electron chi connectivity index (χ3n) is 2.83. The first-order chi connectivity index (χ1) is 8.33. The summed E-state index contributed by atoms with van der Waals surface area (Å²) in [6, 6.07) is 0.547. The fourth-order valence-corrected chi connectivity index (χ4v) is 1.82. The van der Waals surface area contributed by atoms with Crippen LogP contribution in [0.2, 0.25) is 0 Å². The van der Waals surface area contributed by atoms with E-state index in [1.165, 1.54) is 51.4 Å². The van der Waals surface area contributed by atoms with Crippen molar-refractivity contribution in [1.29, 1.82) is 0 Å². The average Bonchev–Trinajstić information content (AvgIpc) is 2.73. The minimum atomic E-state index is 0.547. The molecule has 4 heteroatoms. The van der Waals surface area contributed by atoms with Crippen LogP contribution in [0, 0.1) is 6.92 Å². The van der Waals surface area contributed by atoms with Crippen LogP contribution in [0.25, 0.3) is 0 Å². The lowest BCUT2D eigenvalue weighted by atomic mass is 10.1. The van der Waals surface area contributed by atoms with Crippen LogP contribution in [0.3, 0.4) is 0 Å². The molecule has 0 unspecified atom stereocenters. The largest absolute Gasteiger partial charge is 0.338 e. The van der Waals surface area contributed by atoms with Crippen LogP contribution < -0.4 is 5.32 Å². The Bertz CT molecular complexity index is 286. The molecular weight excluding hydrogens is 214 g/mol. The number of nitrogens with one attached hydrogen (secondary N) is 1. The van der Waals surface area contributed by atoms with Crippen LogP contribution in [0.15, 0.2) is 4.52 Å². The Balaban J connectivity index is 1.84. The van der Waals surface area contributed by atoms with E-state index in [2.05, 4.69) is 22.4 Å². The second-order valence-electron chi connectivity index (χ2n) is 4.55. The zero-order valence-corrected chi connectivity index (χ0v) is 11.2. The zero-order chi connectivity index (χ0) is 12.3. The van der Waals surface area contributed by atoms with Gasteiger partial charge in [-0.25, -0.2) is 0 Å². The quantitative estimate of drug-likeness (QED) is 0.628. The van der Waals surface area contributed by atoms with Gasteiger partial charge in [0.25, 0.3) is 0 Å². The SMILES string of the molecule is CCCCCCCCCCNc1nc(C)no1. The van der Waals surface area contributed by atoms with Crippen LogP contribution in [0.5, 0.6) is 0 Å². The minimum Gasteiger partial charge on any atom is -0.338 e. The van der Waals surface area contributed by atoms with E-state index in [1.807, 2.05) is 6.92 Å². The van der Waals surface area contributed by atoms with E-state index in [0.29, 0.717) is 11.8 Å². The van der Waals surface area contributed by atoms with E-state index in [0.717, 1.165) is 6.54 Å². The Hall–Kier alpha value is -1.06. The molecule has 0 aliphatic heterocycles. The Morgan fingerprint density at radius 3 is 2.24 bits per heavy atom. The van der Waals surface area contributed by atoms with E-state index in [4.69, 9.17) is 4.52 Å². The molecule has 4 nitrogen and oxygen atoms in total. The van der Waals surface area contributed by atoms with Gasteiger partial charge in [0.15, 0.2) is 5.82 Å². The summed E-state index contributed by atoms with van der Waals surface area (Å²) in [5.41, 5.74) is 0. The molecule has 0 amide bonds. The lowest BCUT2D eigenvalue weighted by Gasteiger charge is -2.02. The molecule has 0 aliphatic carbocycles. The summed E-state index contributed by atoms with van der Waals surface area (Å²) in [4.78, 5) is 4.09. The number of nitrogens with zero attached hydrogens (tertiary/aromatic N) is 2. The van der Waals surface area contributed by atoms with Gasteiger partial charge in [0.05, 0.1) is 0 Å². The Labute approximate surface area is 104 Å². The van der Waals surface area contributed by atoms with E-state index >= 15 is 0 Å². The van der Waals surface area contributed by atoms with Crippen molar-refractivity contribution in [3.8, 4) is 0 Å². The highest BCUT2D eigenvalue weighted by Gasteiger charge is 1.99. The number of hydrogen-bond donors (Lipinski definition) is 1. The molecule has 1 aromatic heterocycles. The molecule has 0 saturated heterocycles. The summed E-state index contributed by atoms with van der Waals surface area (Å²) in [6.07, 6.45) is 10.7. The molecule has 98 valence electrons. The van der Waals surface area contributed by atoms with Crippen LogP contribution in [0.1, 0.15) is 64.1 Å². The van der Waals surface area contributed by atoms with E-state index in [1.54, 1.807) is 0 Å². The summed E-state index contributed by atoms with van der Waals surface area (Å²) in [7, 11) is 0. The smallest absolute Gasteiger partial charge is 0.321 e. The van der Waals surface area contributed by atoms with Crippen molar-refractivity contribution in [2.45, 2.75) is 65.2 Å². The maximum atomic E-state index is 4.96. The van der Waals surface area contributed by atoms with Crippen molar-refractivity contribution in [3.63, 3.8) is 0 Å². The van der Waals surface area contributed by atoms with Gasteiger partial charge in [0, 0.05) is 6.54 Å². The van der Waals surface area contributed by atoms with Crippen molar-refractivity contribution in [1.82, 2.24) is 10.1 Å². The summed E-state index contributed by atoms with van der Waals surface area (Å²) in [5.74, 6) is 0.684. The van der Waals surface area contributed by atoms with Crippen molar-refractivity contribution >= 4 is 6.01 Å². The Kier molecular flexibility index (Phi) is 7.43. The molecular formula is C13H25N3O. The maximum Gasteiger partial charge on any atom is 0.321 e. The van der Waals surface area contributed by atoms with Crippen molar-refractivity contribution in [2.24, 2.45) is 0 Å². The lowest BCUT2D eigenvalue weighted by Crippen LogP contribution is -2.01. The summed E-state index contributed by atoms with van der Waals surface area (Å²) < 4.78 is 4.96. The standard InChI is InChI=1S/C13H25N3O/c1-3-4-5-6-7-8-9-10-11-14-13-15-12(2)16-17-13/h3-11H2,1-2H3,(H,14,15,16). The molecule has 0 bridgehead atoms. The highest BCUT2D eigenvalue weighted by atomic mass is 16.5. The molecule has 0 aliphatic rings. The molecule has 0 saturated carbocycles. The third-order valence-corrected chi connectivity index (χ3v) is 2.83. The predicted molar refractivity (Wildman–Crippen MR) is 70.1 cm³/mol. The maximum absolute atomic E-state index is 4.96. The van der Waals surface area contributed by atoms with Crippen LogP contribution in [0.4, 0.5) is 6.01 Å². The molecule has 0 radical (unpaired) electrons. The van der Waals surface area contributed by atoms with Crippen molar-refractivity contribution in [3.05, 3.63) is 5.82 Å². The monoisotopic (exact) mass is 239 g/mol. The lowest BCUT2D eigenvalue weighted by molar-refractivity contribution is 0.425. The van der Waals surface area contributed by atoms with Crippen LogP contribution in [-0.2, 0) is 0 Å². The van der Waals surface area contributed by atoms with Gasteiger partial charge in [0.1, 0.15) is 0 Å². The van der Waals surface area contributed by atoms with Gasteiger partial charge >= 0.3 is 6.01 Å². The second-order valence-corrected chi connectivity index (χ2v) is 4.55. The number of rotatable bonds is 10. The summed E-state index contributed by atoms with van der Waals surface area (Å²) in [5, 5.41) is 6.86. The first-order valence-corrected chi connectivity index (χ1v) is 6.87. The number of anilines is 1. The first kappa shape index (κ1) is 14.0. The molecule has 0 aromatic carbocycles. The molecule has 0 atom stereocenters. The predicted octanol–water partition coefficient (Wildman–Crippen LogP) is 3.93. The second kappa shape index (κ2) is 9.02. The molecule has 1 heterocycles. The number of hydrogen-bond acceptors (Lipinski definition) is 4. The van der Waals surface area contributed by atoms with Gasteiger partial charge in [-0.05, 0) is 13.3 Å². The van der Waals surface area contributed by atoms with Crippen LogP contribution in [-0.4, -0.2) is 16.7 Å². The number of aromatic nitrogens is 2. The molecule has 1 N–H and O–H groups in total. The summed E-state index contributed by atoms with van der Waals surface area (Å²) >= 11 is 0. The highest BCUT2D eigenvalue weighted by Crippen LogP contribution is 2.09. The third kappa shape index (κ3) is 6.97. The fraction of sp³-hybridized carbons (Fsp3) is 0.846. The minimum absolute atomic E-state index is 0.547. The topological polar surface area (TPSA) is 51.0 Å². The van der Waals surface area contributed by atoms with Gasteiger partial charge in [-0.2, -0.15) is 4.98 Å². The molecule has 1 aromatic rings. The average molecular weight is 239 g/mol. The van der Waals surface area contributed by atoms with Gasteiger partial charge in [0.2, 0.25) is 0 Å². The molecule has 0 fully saturated rings. The van der Waals surface area contributed by atoms with Crippen molar-refractivity contribution < 1.29 is 4.52 Å². The van der Waals surface area contributed by atoms with E-state index < -0.39 is 0 Å². The zero-order valence-electron chi connectivity index (χ0n) is 11.2. The van der Waals surface area contributed by atoms with Gasteiger partial charge in [-0.15, -0.1) is 0 Å². The van der Waals surface area contributed by atoms with E-state index in [-0.39, 0.29) is 0 Å². The van der Waals surface area contributed by atoms with Gasteiger partial charge in [-0.3, -0.25) is 0 Å². The van der Waals surface area contributed by atoms with Crippen LogP contribution >= 0.6 is 0 Å².